The molecule has 0 fully saturated rings. The number of benzene rings is 2. The molecule has 0 aliphatic carbocycles. The average molecular weight is 316 g/mol. The Kier molecular flexibility index (Phi) is 4.50. The van der Waals surface area contributed by atoms with E-state index in [1.54, 1.807) is 0 Å². The second-order valence-electron chi connectivity index (χ2n) is 4.41. The van der Waals surface area contributed by atoms with Crippen molar-refractivity contribution in [2.24, 2.45) is 4.99 Å². The smallest absolute Gasteiger partial charge is 0.240 e. The van der Waals surface area contributed by atoms with Crippen molar-refractivity contribution in [3.63, 3.8) is 0 Å². The number of rotatable bonds is 4. The summed E-state index contributed by atoms with van der Waals surface area (Å²) >= 11 is 0. The molecule has 1 amide bonds. The third-order valence-corrected chi connectivity index (χ3v) is 4.59. The van der Waals surface area contributed by atoms with Gasteiger partial charge in [-0.05, 0) is 48.5 Å². The first-order chi connectivity index (χ1) is 10.4. The Morgan fingerprint density at radius 2 is 1.50 bits per heavy atom. The van der Waals surface area contributed by atoms with Crippen molar-refractivity contribution in [1.29, 1.82) is 0 Å². The highest BCUT2D eigenvalue weighted by molar-refractivity contribution is 7.91. The molecule has 0 aliphatic heterocycles. The zero-order chi connectivity index (χ0) is 16.2. The van der Waals surface area contributed by atoms with Crippen molar-refractivity contribution in [3.05, 3.63) is 48.5 Å². The van der Waals surface area contributed by atoms with Crippen molar-refractivity contribution in [2.45, 2.75) is 16.7 Å². The Balaban J connectivity index is 2.33. The maximum atomic E-state index is 12.4. The highest BCUT2D eigenvalue weighted by Crippen LogP contribution is 2.24. The van der Waals surface area contributed by atoms with E-state index < -0.39 is 9.84 Å². The molecule has 112 valence electrons. The van der Waals surface area contributed by atoms with E-state index in [9.17, 15) is 18.0 Å². The van der Waals surface area contributed by atoms with Crippen LogP contribution >= 0.6 is 0 Å². The monoisotopic (exact) mass is 316 g/mol. The fraction of sp³-hybridized carbons (Fsp3) is 0.0667. The van der Waals surface area contributed by atoms with Gasteiger partial charge in [-0.1, -0.05) is 0 Å². The van der Waals surface area contributed by atoms with E-state index in [0.717, 1.165) is 0 Å². The summed E-state index contributed by atoms with van der Waals surface area (Å²) in [6.07, 6.45) is 1.39. The van der Waals surface area contributed by atoms with Crippen molar-refractivity contribution in [3.8, 4) is 0 Å². The number of sulfone groups is 1. The van der Waals surface area contributed by atoms with Gasteiger partial charge in [0.1, 0.15) is 0 Å². The quantitative estimate of drug-likeness (QED) is 0.692. The zero-order valence-electron chi connectivity index (χ0n) is 11.6. The molecule has 2 aromatic rings. The van der Waals surface area contributed by atoms with Gasteiger partial charge in [0.25, 0.3) is 0 Å². The molecule has 0 radical (unpaired) electrons. The molecule has 6 nitrogen and oxygen atoms in total. The maximum Gasteiger partial charge on any atom is 0.240 e. The second-order valence-corrected chi connectivity index (χ2v) is 6.36. The topological polar surface area (TPSA) is 92.7 Å². The van der Waals surface area contributed by atoms with E-state index in [2.05, 4.69) is 10.3 Å². The van der Waals surface area contributed by atoms with Gasteiger partial charge >= 0.3 is 0 Å². The molecule has 1 N–H and O–H groups in total. The van der Waals surface area contributed by atoms with Crippen LogP contribution in [0.25, 0.3) is 0 Å². The number of carbonyl (C=O) groups excluding carboxylic acids is 2. The number of hydrogen-bond acceptors (Lipinski definition) is 5. The molecule has 0 aromatic heterocycles. The van der Waals surface area contributed by atoms with Gasteiger partial charge in [-0.25, -0.2) is 13.2 Å². The van der Waals surface area contributed by atoms with E-state index in [1.165, 1.54) is 61.5 Å². The number of carbonyl (C=O) groups is 1. The molecule has 0 spiro atoms. The second kappa shape index (κ2) is 6.34. The fourth-order valence-corrected chi connectivity index (χ4v) is 3.07. The molecule has 2 rings (SSSR count). The van der Waals surface area contributed by atoms with Crippen molar-refractivity contribution < 1.29 is 18.0 Å². The third-order valence-electron chi connectivity index (χ3n) is 2.81. The SMILES string of the molecule is CC(=O)Nc1ccc(S(=O)(=O)c2ccc(N=C=O)cc2)cc1. The Morgan fingerprint density at radius 1 is 1.00 bits per heavy atom. The Bertz CT molecular complexity index is 834. The minimum atomic E-state index is -3.67. The van der Waals surface area contributed by atoms with E-state index in [0.29, 0.717) is 11.4 Å². The number of aliphatic imine (C=N–C) groups is 1. The van der Waals surface area contributed by atoms with Gasteiger partial charge in [-0.15, -0.1) is 0 Å². The van der Waals surface area contributed by atoms with Crippen LogP contribution in [0.5, 0.6) is 0 Å². The van der Waals surface area contributed by atoms with Crippen molar-refractivity contribution >= 4 is 33.2 Å². The molecule has 0 aliphatic rings. The van der Waals surface area contributed by atoms with Crippen LogP contribution in [-0.4, -0.2) is 20.4 Å². The third kappa shape index (κ3) is 3.46. The van der Waals surface area contributed by atoms with E-state index in [-0.39, 0.29) is 15.7 Å². The lowest BCUT2D eigenvalue weighted by atomic mass is 10.3. The number of hydrogen-bond donors (Lipinski definition) is 1. The van der Waals surface area contributed by atoms with Crippen LogP contribution in [0, 0.1) is 0 Å². The first kappa shape index (κ1) is 15.6. The van der Waals surface area contributed by atoms with Crippen molar-refractivity contribution in [2.75, 3.05) is 5.32 Å². The summed E-state index contributed by atoms with van der Waals surface area (Å²) in [6, 6.07) is 11.4. The van der Waals surface area contributed by atoms with Gasteiger partial charge in [0.15, 0.2) is 0 Å². The first-order valence-electron chi connectivity index (χ1n) is 6.24. The normalized spacial score (nSPS) is 10.6. The Morgan fingerprint density at radius 3 is 1.95 bits per heavy atom. The molecule has 22 heavy (non-hydrogen) atoms. The summed E-state index contributed by atoms with van der Waals surface area (Å²) in [7, 11) is -3.67. The van der Waals surface area contributed by atoms with Gasteiger partial charge in [0.05, 0.1) is 15.5 Å². The summed E-state index contributed by atoms with van der Waals surface area (Å²) in [4.78, 5) is 24.7. The maximum absolute atomic E-state index is 12.4. The lowest BCUT2D eigenvalue weighted by molar-refractivity contribution is -0.114. The molecule has 0 atom stereocenters. The van der Waals surface area contributed by atoms with Gasteiger partial charge in [0.2, 0.25) is 21.8 Å². The van der Waals surface area contributed by atoms with E-state index in [1.807, 2.05) is 0 Å². The summed E-state index contributed by atoms with van der Waals surface area (Å²) in [5, 5.41) is 2.56. The number of amides is 1. The molecule has 0 saturated heterocycles. The highest BCUT2D eigenvalue weighted by atomic mass is 32.2. The predicted octanol–water partition coefficient (Wildman–Crippen LogP) is 2.45. The fourth-order valence-electron chi connectivity index (χ4n) is 1.81. The Hall–Kier alpha value is -2.76. The van der Waals surface area contributed by atoms with Crippen molar-refractivity contribution in [1.82, 2.24) is 0 Å². The van der Waals surface area contributed by atoms with Gasteiger partial charge in [0, 0.05) is 12.6 Å². The lowest BCUT2D eigenvalue weighted by Crippen LogP contribution is -2.06. The number of nitrogens with zero attached hydrogens (tertiary/aromatic N) is 1. The standard InChI is InChI=1S/C15H12N2O4S/c1-11(19)17-13-4-8-15(9-5-13)22(20,21)14-6-2-12(3-7-14)16-10-18/h2-9H,1H3,(H,17,19). The Labute approximate surface area is 127 Å². The van der Waals surface area contributed by atoms with Crippen LogP contribution < -0.4 is 5.32 Å². The number of nitrogens with one attached hydrogen (secondary N) is 1. The number of anilines is 1. The summed E-state index contributed by atoms with van der Waals surface area (Å²) in [5.41, 5.74) is 0.845. The van der Waals surface area contributed by atoms with Crippen LogP contribution in [-0.2, 0) is 19.4 Å². The van der Waals surface area contributed by atoms with Crippen LogP contribution in [0.3, 0.4) is 0 Å². The largest absolute Gasteiger partial charge is 0.326 e. The summed E-state index contributed by atoms with van der Waals surface area (Å²) < 4.78 is 24.9. The molecule has 7 heteroatoms. The summed E-state index contributed by atoms with van der Waals surface area (Å²) in [5.74, 6) is -0.234. The van der Waals surface area contributed by atoms with Crippen LogP contribution in [0.15, 0.2) is 63.3 Å². The minimum absolute atomic E-state index is 0.0876. The lowest BCUT2D eigenvalue weighted by Gasteiger charge is -2.06. The van der Waals surface area contributed by atoms with Gasteiger partial charge in [-0.3, -0.25) is 4.79 Å². The first-order valence-corrected chi connectivity index (χ1v) is 7.72. The molecule has 0 saturated carbocycles. The summed E-state index contributed by atoms with van der Waals surface area (Å²) in [6.45, 7) is 1.37. The van der Waals surface area contributed by atoms with Crippen LogP contribution in [0.1, 0.15) is 6.92 Å². The molecule has 0 heterocycles. The predicted molar refractivity (Wildman–Crippen MR) is 80.4 cm³/mol. The van der Waals surface area contributed by atoms with Gasteiger partial charge in [-0.2, -0.15) is 4.99 Å². The van der Waals surface area contributed by atoms with Crippen LogP contribution in [0.4, 0.5) is 11.4 Å². The molecular weight excluding hydrogens is 304 g/mol. The van der Waals surface area contributed by atoms with E-state index in [4.69, 9.17) is 0 Å². The van der Waals surface area contributed by atoms with E-state index >= 15 is 0 Å². The van der Waals surface area contributed by atoms with Gasteiger partial charge < -0.3 is 5.32 Å². The number of isocyanates is 1. The minimum Gasteiger partial charge on any atom is -0.326 e. The van der Waals surface area contributed by atoms with Crippen LogP contribution in [0.2, 0.25) is 0 Å². The average Bonchev–Trinajstić information content (AvgIpc) is 2.48. The highest BCUT2D eigenvalue weighted by Gasteiger charge is 2.17. The molecule has 2 aromatic carbocycles. The molecule has 0 unspecified atom stereocenters. The zero-order valence-corrected chi connectivity index (χ0v) is 12.4. The molecular formula is C15H12N2O4S. The molecule has 0 bridgehead atoms.